The Labute approximate surface area is 226 Å². The van der Waals surface area contributed by atoms with E-state index < -0.39 is 0 Å². The van der Waals surface area contributed by atoms with Crippen LogP contribution in [0.3, 0.4) is 0 Å². The van der Waals surface area contributed by atoms with E-state index in [4.69, 9.17) is 9.15 Å². The molecule has 3 heterocycles. The van der Waals surface area contributed by atoms with Crippen molar-refractivity contribution in [2.24, 2.45) is 0 Å². The van der Waals surface area contributed by atoms with Gasteiger partial charge in [0.25, 0.3) is 0 Å². The van der Waals surface area contributed by atoms with E-state index in [9.17, 15) is 9.59 Å². The molecule has 1 aromatic carbocycles. The van der Waals surface area contributed by atoms with Crippen LogP contribution in [0.1, 0.15) is 88.1 Å². The topological polar surface area (TPSA) is 92.0 Å². The number of carbonyl (C=O) groups is 2. The number of anilines is 1. The fourth-order valence-corrected chi connectivity index (χ4v) is 5.13. The summed E-state index contributed by atoms with van der Waals surface area (Å²) in [5, 5.41) is 8.21. The predicted molar refractivity (Wildman–Crippen MR) is 146 cm³/mol. The highest BCUT2D eigenvalue weighted by atomic mass is 16.5. The van der Waals surface area contributed by atoms with Crippen LogP contribution in [0.5, 0.6) is 0 Å². The number of aryl methyl sites for hydroxylation is 1. The summed E-state index contributed by atoms with van der Waals surface area (Å²) < 4.78 is 11.2. The first-order valence-corrected chi connectivity index (χ1v) is 14.2. The lowest BCUT2D eigenvalue weighted by molar-refractivity contribution is -0.132. The second kappa shape index (κ2) is 13.8. The van der Waals surface area contributed by atoms with Crippen LogP contribution < -0.4 is 4.90 Å². The van der Waals surface area contributed by atoms with Crippen molar-refractivity contribution in [2.75, 3.05) is 44.3 Å². The molecule has 0 N–H and O–H groups in total. The molecule has 0 bridgehead atoms. The molecule has 1 aromatic heterocycles. The number of amides is 2. The number of hydrogen-bond donors (Lipinski definition) is 0. The van der Waals surface area contributed by atoms with E-state index >= 15 is 0 Å². The van der Waals surface area contributed by atoms with Crippen molar-refractivity contribution < 1.29 is 18.7 Å². The van der Waals surface area contributed by atoms with E-state index in [-0.39, 0.29) is 17.7 Å². The van der Waals surface area contributed by atoms with Gasteiger partial charge >= 0.3 is 0 Å². The summed E-state index contributed by atoms with van der Waals surface area (Å²) in [6.45, 7) is 11.7. The highest BCUT2D eigenvalue weighted by molar-refractivity contribution is 5.92. The highest BCUT2D eigenvalue weighted by Gasteiger charge is 2.22. The van der Waals surface area contributed by atoms with Gasteiger partial charge in [-0.3, -0.25) is 14.5 Å². The Morgan fingerprint density at radius 2 is 1.71 bits per heavy atom. The van der Waals surface area contributed by atoms with Gasteiger partial charge in [-0.15, -0.1) is 10.2 Å². The van der Waals surface area contributed by atoms with Gasteiger partial charge in [-0.2, -0.15) is 0 Å². The number of ether oxygens (including phenoxy) is 1. The molecule has 38 heavy (non-hydrogen) atoms. The van der Waals surface area contributed by atoms with Gasteiger partial charge in [0.15, 0.2) is 0 Å². The summed E-state index contributed by atoms with van der Waals surface area (Å²) in [5.41, 5.74) is 3.12. The fourth-order valence-electron chi connectivity index (χ4n) is 5.13. The average molecular weight is 526 g/mol. The first-order valence-electron chi connectivity index (χ1n) is 14.2. The summed E-state index contributed by atoms with van der Waals surface area (Å²) in [7, 11) is 0. The Morgan fingerprint density at radius 1 is 0.974 bits per heavy atom. The molecule has 9 heteroatoms. The maximum Gasteiger partial charge on any atom is 0.223 e. The van der Waals surface area contributed by atoms with Crippen LogP contribution in [-0.4, -0.2) is 71.2 Å². The lowest BCUT2D eigenvalue weighted by Gasteiger charge is -2.30. The van der Waals surface area contributed by atoms with Crippen molar-refractivity contribution in [3.63, 3.8) is 0 Å². The molecule has 4 rings (SSSR count). The molecule has 0 unspecified atom stereocenters. The lowest BCUT2D eigenvalue weighted by atomic mass is 10.0. The zero-order valence-electron chi connectivity index (χ0n) is 23.3. The molecular formula is C29H43N5O4. The Kier molecular flexibility index (Phi) is 10.3. The molecular weight excluding hydrogens is 482 g/mol. The van der Waals surface area contributed by atoms with E-state index in [0.29, 0.717) is 44.3 Å². The monoisotopic (exact) mass is 525 g/mol. The third-order valence-electron chi connectivity index (χ3n) is 7.38. The minimum absolute atomic E-state index is 0.0436. The van der Waals surface area contributed by atoms with Crippen LogP contribution in [0.15, 0.2) is 22.6 Å². The molecule has 0 atom stereocenters. The van der Waals surface area contributed by atoms with Crippen molar-refractivity contribution >= 4 is 17.5 Å². The summed E-state index contributed by atoms with van der Waals surface area (Å²) in [4.78, 5) is 32.5. The third kappa shape index (κ3) is 7.86. The summed E-state index contributed by atoms with van der Waals surface area (Å²) in [6, 6.07) is 6.42. The lowest BCUT2D eigenvalue weighted by Crippen LogP contribution is -2.36. The molecule has 1 saturated heterocycles. The van der Waals surface area contributed by atoms with E-state index in [1.54, 1.807) is 6.92 Å². The molecule has 2 aromatic rings. The fraction of sp³-hybridized carbons (Fsp3) is 0.655. The second-order valence-electron chi connectivity index (χ2n) is 10.8. The Hall–Kier alpha value is -2.78. The molecule has 208 valence electrons. The maximum absolute atomic E-state index is 13.4. The molecule has 9 nitrogen and oxygen atoms in total. The normalized spacial score (nSPS) is 18.1. The summed E-state index contributed by atoms with van der Waals surface area (Å²) >= 11 is 0. The van der Waals surface area contributed by atoms with Gasteiger partial charge in [0, 0.05) is 70.6 Å². The molecule has 2 aliphatic heterocycles. The van der Waals surface area contributed by atoms with Gasteiger partial charge in [-0.1, -0.05) is 45.2 Å². The largest absolute Gasteiger partial charge is 0.425 e. The van der Waals surface area contributed by atoms with Crippen molar-refractivity contribution in [1.82, 2.24) is 20.0 Å². The first-order chi connectivity index (χ1) is 18.4. The van der Waals surface area contributed by atoms with Crippen LogP contribution in [0, 0.1) is 0 Å². The zero-order chi connectivity index (χ0) is 26.9. The number of morpholine rings is 1. The number of rotatable bonds is 6. The quantitative estimate of drug-likeness (QED) is 0.555. The smallest absolute Gasteiger partial charge is 0.223 e. The van der Waals surface area contributed by atoms with Gasteiger partial charge < -0.3 is 19.0 Å². The molecule has 0 saturated carbocycles. The zero-order valence-corrected chi connectivity index (χ0v) is 23.3. The minimum Gasteiger partial charge on any atom is -0.425 e. The Bertz CT molecular complexity index is 1060. The Balaban J connectivity index is 1.54. The van der Waals surface area contributed by atoms with Crippen LogP contribution in [0.2, 0.25) is 0 Å². The molecule has 2 amide bonds. The molecule has 2 aliphatic rings. The predicted octanol–water partition coefficient (Wildman–Crippen LogP) is 4.30. The van der Waals surface area contributed by atoms with Gasteiger partial charge in [-0.05, 0) is 30.0 Å². The van der Waals surface area contributed by atoms with E-state index in [1.165, 1.54) is 5.56 Å². The number of hydrogen-bond acceptors (Lipinski definition) is 7. The van der Waals surface area contributed by atoms with Crippen molar-refractivity contribution in [1.29, 1.82) is 0 Å². The highest BCUT2D eigenvalue weighted by Crippen LogP contribution is 2.27. The number of carbonyl (C=O) groups excluding carboxylic acids is 2. The standard InChI is InChI=1S/C29H43N5O4/c1-22(2)29-31-30-27(38-29)11-12-28(36)33-13-7-5-4-6-8-14-34(23(3)35)26-19-24(9-10-25(26)21-33)20-32-15-17-37-18-16-32/h9-10,19,22H,4-8,11-18,20-21H2,1-3H3. The molecule has 1 fully saturated rings. The van der Waals surface area contributed by atoms with E-state index in [1.807, 2.05) is 23.6 Å². The third-order valence-corrected chi connectivity index (χ3v) is 7.38. The first kappa shape index (κ1) is 28.2. The van der Waals surface area contributed by atoms with Crippen LogP contribution in [0.25, 0.3) is 0 Å². The molecule has 0 spiro atoms. The van der Waals surface area contributed by atoms with Crippen LogP contribution >= 0.6 is 0 Å². The van der Waals surface area contributed by atoms with Gasteiger partial charge in [0.2, 0.25) is 23.6 Å². The second-order valence-corrected chi connectivity index (χ2v) is 10.8. The average Bonchev–Trinajstić information content (AvgIpc) is 3.38. The van der Waals surface area contributed by atoms with Crippen molar-refractivity contribution in [3.8, 4) is 0 Å². The molecule has 0 radical (unpaired) electrons. The van der Waals surface area contributed by atoms with Crippen LogP contribution in [-0.2, 0) is 33.8 Å². The molecule has 0 aliphatic carbocycles. The van der Waals surface area contributed by atoms with Crippen LogP contribution in [0.4, 0.5) is 5.69 Å². The van der Waals surface area contributed by atoms with Gasteiger partial charge in [0.1, 0.15) is 0 Å². The van der Waals surface area contributed by atoms with Gasteiger partial charge in [-0.25, -0.2) is 0 Å². The maximum atomic E-state index is 13.4. The number of fused-ring (bicyclic) bond motifs is 1. The van der Waals surface area contributed by atoms with Crippen molar-refractivity contribution in [3.05, 3.63) is 41.1 Å². The summed E-state index contributed by atoms with van der Waals surface area (Å²) in [6.07, 6.45) is 5.98. The SMILES string of the molecule is CC(=O)N1CCCCCCCN(C(=O)CCc2nnc(C(C)C)o2)Cc2ccc(CN3CCOCC3)cc21. The number of benzene rings is 1. The van der Waals surface area contributed by atoms with Crippen molar-refractivity contribution in [2.45, 2.75) is 84.7 Å². The van der Waals surface area contributed by atoms with Gasteiger partial charge in [0.05, 0.1) is 13.2 Å². The Morgan fingerprint density at radius 3 is 2.42 bits per heavy atom. The number of nitrogens with zero attached hydrogens (tertiary/aromatic N) is 5. The number of aromatic nitrogens is 2. The summed E-state index contributed by atoms with van der Waals surface area (Å²) in [5.74, 6) is 1.39. The van der Waals surface area contributed by atoms with E-state index in [2.05, 4.69) is 33.3 Å². The van der Waals surface area contributed by atoms with E-state index in [0.717, 1.165) is 76.2 Å². The minimum atomic E-state index is 0.0436.